The summed E-state index contributed by atoms with van der Waals surface area (Å²) >= 11 is 0. The highest BCUT2D eigenvalue weighted by Gasteiger charge is 2.28. The second-order valence-electron chi connectivity index (χ2n) is 5.24. The zero-order chi connectivity index (χ0) is 16.1. The Balaban J connectivity index is 1.69. The lowest BCUT2D eigenvalue weighted by Crippen LogP contribution is -2.27. The molecule has 0 atom stereocenters. The van der Waals surface area contributed by atoms with Crippen molar-refractivity contribution in [3.05, 3.63) is 59.7 Å². The maximum atomic E-state index is 11.8. The number of nitrogens with one attached hydrogen (secondary N) is 2. The summed E-state index contributed by atoms with van der Waals surface area (Å²) in [7, 11) is 1.70. The molecule has 118 valence electrons. The highest BCUT2D eigenvalue weighted by molar-refractivity contribution is 5.79. The molecule has 0 aliphatic heterocycles. The summed E-state index contributed by atoms with van der Waals surface area (Å²) in [6, 6.07) is 16.5. The zero-order valence-electron chi connectivity index (χ0n) is 13.0. The van der Waals surface area contributed by atoms with Crippen molar-refractivity contribution in [1.29, 1.82) is 0 Å². The van der Waals surface area contributed by atoms with Gasteiger partial charge in [-0.2, -0.15) is 5.10 Å². The van der Waals surface area contributed by atoms with Crippen LogP contribution in [-0.4, -0.2) is 32.5 Å². The second-order valence-corrected chi connectivity index (χ2v) is 5.24. The van der Waals surface area contributed by atoms with Gasteiger partial charge in [-0.3, -0.25) is 0 Å². The van der Waals surface area contributed by atoms with E-state index < -0.39 is 6.09 Å². The summed E-state index contributed by atoms with van der Waals surface area (Å²) in [5, 5.41) is 6.43. The van der Waals surface area contributed by atoms with Gasteiger partial charge in [0.05, 0.1) is 6.54 Å². The minimum absolute atomic E-state index is 0.0825. The minimum atomic E-state index is -0.436. The molecule has 0 heterocycles. The topological polar surface area (TPSA) is 62.7 Å². The van der Waals surface area contributed by atoms with Gasteiger partial charge >= 0.3 is 6.09 Å². The minimum Gasteiger partial charge on any atom is -0.449 e. The van der Waals surface area contributed by atoms with E-state index in [1.807, 2.05) is 24.3 Å². The molecule has 5 nitrogen and oxygen atoms in total. The van der Waals surface area contributed by atoms with E-state index in [-0.39, 0.29) is 5.92 Å². The Bertz CT molecular complexity index is 682. The van der Waals surface area contributed by atoms with Crippen LogP contribution in [0.3, 0.4) is 0 Å². The first kappa shape index (κ1) is 15.1. The smallest absolute Gasteiger partial charge is 0.407 e. The molecule has 0 spiro atoms. The molecule has 2 aromatic rings. The van der Waals surface area contributed by atoms with Crippen LogP contribution in [0.2, 0.25) is 0 Å². The number of ether oxygens (including phenoxy) is 1. The first-order chi connectivity index (χ1) is 11.3. The van der Waals surface area contributed by atoms with Crippen LogP contribution in [0.1, 0.15) is 17.0 Å². The maximum Gasteiger partial charge on any atom is 0.407 e. The molecule has 0 fully saturated rings. The van der Waals surface area contributed by atoms with Crippen molar-refractivity contribution in [2.75, 3.05) is 20.2 Å². The van der Waals surface area contributed by atoms with Crippen LogP contribution in [0.5, 0.6) is 0 Å². The number of hydrogen-bond acceptors (Lipinski definition) is 4. The fourth-order valence-electron chi connectivity index (χ4n) is 2.92. The third kappa shape index (κ3) is 3.18. The molecule has 0 saturated heterocycles. The molecule has 3 rings (SSSR count). The largest absolute Gasteiger partial charge is 0.449 e. The van der Waals surface area contributed by atoms with Crippen molar-refractivity contribution >= 4 is 12.3 Å². The van der Waals surface area contributed by atoms with Crippen molar-refractivity contribution in [2.24, 2.45) is 5.10 Å². The number of hydrazone groups is 1. The predicted octanol–water partition coefficient (Wildman–Crippen LogP) is 2.73. The van der Waals surface area contributed by atoms with E-state index in [0.29, 0.717) is 13.2 Å². The van der Waals surface area contributed by atoms with E-state index in [1.165, 1.54) is 22.3 Å². The summed E-state index contributed by atoms with van der Waals surface area (Å²) in [5.74, 6) is 0.0825. The summed E-state index contributed by atoms with van der Waals surface area (Å²) in [6.45, 7) is 0.653. The number of amides is 1. The second kappa shape index (κ2) is 6.96. The van der Waals surface area contributed by atoms with E-state index in [4.69, 9.17) is 4.74 Å². The van der Waals surface area contributed by atoms with Gasteiger partial charge in [0.2, 0.25) is 0 Å². The van der Waals surface area contributed by atoms with Crippen molar-refractivity contribution in [2.45, 2.75) is 5.92 Å². The van der Waals surface area contributed by atoms with E-state index in [2.05, 4.69) is 40.1 Å². The van der Waals surface area contributed by atoms with Gasteiger partial charge in [0, 0.05) is 19.2 Å². The van der Waals surface area contributed by atoms with Gasteiger partial charge < -0.3 is 15.5 Å². The first-order valence-electron chi connectivity index (χ1n) is 7.58. The van der Waals surface area contributed by atoms with Gasteiger partial charge in [0.1, 0.15) is 6.61 Å². The fourth-order valence-corrected chi connectivity index (χ4v) is 2.92. The standard InChI is InChI=1S/C18H19N3O2/c1-19-21-11-10-20-18(22)23-12-17-15-8-4-2-6-13(15)14-7-3-5-9-16(14)17/h2-9,11,17,19H,10,12H2,1H3,(H,20,22). The zero-order valence-corrected chi connectivity index (χ0v) is 13.0. The SMILES string of the molecule is CNN=CCNC(=O)OCC1c2ccccc2-c2ccccc21. The Labute approximate surface area is 135 Å². The number of fused-ring (bicyclic) bond motifs is 3. The van der Waals surface area contributed by atoms with Crippen LogP contribution in [0.4, 0.5) is 4.79 Å². The molecule has 0 unspecified atom stereocenters. The van der Waals surface area contributed by atoms with E-state index >= 15 is 0 Å². The summed E-state index contributed by atoms with van der Waals surface area (Å²) in [6.07, 6.45) is 1.14. The molecule has 2 aromatic carbocycles. The van der Waals surface area contributed by atoms with Crippen molar-refractivity contribution in [3.8, 4) is 11.1 Å². The van der Waals surface area contributed by atoms with Crippen LogP contribution in [0, 0.1) is 0 Å². The van der Waals surface area contributed by atoms with Crippen molar-refractivity contribution in [1.82, 2.24) is 10.7 Å². The van der Waals surface area contributed by atoms with Gasteiger partial charge in [-0.05, 0) is 22.3 Å². The third-order valence-corrected chi connectivity index (χ3v) is 3.90. The molecule has 2 N–H and O–H groups in total. The molecule has 0 bridgehead atoms. The van der Waals surface area contributed by atoms with Crippen LogP contribution in [-0.2, 0) is 4.74 Å². The summed E-state index contributed by atoms with van der Waals surface area (Å²) in [5.41, 5.74) is 7.47. The summed E-state index contributed by atoms with van der Waals surface area (Å²) in [4.78, 5) is 11.8. The van der Waals surface area contributed by atoms with E-state index in [9.17, 15) is 4.79 Å². The van der Waals surface area contributed by atoms with Gasteiger partial charge in [0.25, 0.3) is 0 Å². The van der Waals surface area contributed by atoms with Crippen LogP contribution < -0.4 is 10.7 Å². The lowest BCUT2D eigenvalue weighted by molar-refractivity contribution is 0.144. The van der Waals surface area contributed by atoms with Crippen LogP contribution >= 0.6 is 0 Å². The van der Waals surface area contributed by atoms with Gasteiger partial charge in [-0.1, -0.05) is 48.5 Å². The van der Waals surface area contributed by atoms with E-state index in [0.717, 1.165) is 0 Å². The van der Waals surface area contributed by atoms with Crippen LogP contribution in [0.15, 0.2) is 53.6 Å². The van der Waals surface area contributed by atoms with Crippen molar-refractivity contribution < 1.29 is 9.53 Å². The average Bonchev–Trinajstić information content (AvgIpc) is 2.91. The predicted molar refractivity (Wildman–Crippen MR) is 90.6 cm³/mol. The molecular formula is C18H19N3O2. The number of nitrogens with zero attached hydrogens (tertiary/aromatic N) is 1. The Morgan fingerprint density at radius 3 is 2.35 bits per heavy atom. The Kier molecular flexibility index (Phi) is 4.57. The monoisotopic (exact) mass is 309 g/mol. The number of carbonyl (C=O) groups excluding carboxylic acids is 1. The Morgan fingerprint density at radius 1 is 1.13 bits per heavy atom. The molecule has 1 amide bonds. The summed E-state index contributed by atoms with van der Waals surface area (Å²) < 4.78 is 5.39. The molecular weight excluding hydrogens is 290 g/mol. The molecule has 23 heavy (non-hydrogen) atoms. The molecule has 1 aliphatic carbocycles. The molecule has 0 radical (unpaired) electrons. The third-order valence-electron chi connectivity index (χ3n) is 3.90. The number of rotatable bonds is 5. The molecule has 0 aromatic heterocycles. The number of alkyl carbamates (subject to hydrolysis) is 1. The Hall–Kier alpha value is -2.82. The first-order valence-corrected chi connectivity index (χ1v) is 7.58. The normalized spacial score (nSPS) is 12.7. The van der Waals surface area contributed by atoms with Gasteiger partial charge in [0.15, 0.2) is 0 Å². The fraction of sp³-hybridized carbons (Fsp3) is 0.222. The van der Waals surface area contributed by atoms with Gasteiger partial charge in [-0.25, -0.2) is 4.79 Å². The van der Waals surface area contributed by atoms with Gasteiger partial charge in [-0.15, -0.1) is 0 Å². The number of hydrogen-bond donors (Lipinski definition) is 2. The lowest BCUT2D eigenvalue weighted by Gasteiger charge is -2.14. The number of carbonyl (C=O) groups is 1. The van der Waals surface area contributed by atoms with E-state index in [1.54, 1.807) is 13.3 Å². The lowest BCUT2D eigenvalue weighted by atomic mass is 9.98. The highest BCUT2D eigenvalue weighted by Crippen LogP contribution is 2.44. The van der Waals surface area contributed by atoms with Crippen molar-refractivity contribution in [3.63, 3.8) is 0 Å². The quantitative estimate of drug-likeness (QED) is 0.659. The molecule has 5 heteroatoms. The average molecular weight is 309 g/mol. The molecule has 0 saturated carbocycles. The highest BCUT2D eigenvalue weighted by atomic mass is 16.5. The van der Waals surface area contributed by atoms with Crippen LogP contribution in [0.25, 0.3) is 11.1 Å². The molecule has 1 aliphatic rings. The maximum absolute atomic E-state index is 11.8. The number of benzene rings is 2. The Morgan fingerprint density at radius 2 is 1.74 bits per heavy atom.